The smallest absolute Gasteiger partial charge is 0.354 e. The van der Waals surface area contributed by atoms with Crippen molar-refractivity contribution in [2.75, 3.05) is 19.7 Å². The number of hydrogen-bond acceptors (Lipinski definition) is 7. The van der Waals surface area contributed by atoms with Gasteiger partial charge in [-0.15, -0.1) is 0 Å². The summed E-state index contributed by atoms with van der Waals surface area (Å²) in [5.74, 6) is -0.472. The summed E-state index contributed by atoms with van der Waals surface area (Å²) in [7, 11) is 0. The number of aromatic carboxylic acids is 1. The Kier molecular flexibility index (Phi) is 7.03. The molecule has 224 valence electrons. The van der Waals surface area contributed by atoms with Gasteiger partial charge in [-0.25, -0.2) is 19.2 Å². The lowest BCUT2D eigenvalue weighted by Crippen LogP contribution is -2.37. The van der Waals surface area contributed by atoms with E-state index in [1.807, 2.05) is 16.7 Å². The Hall–Kier alpha value is -3.73. The molecule has 3 aliphatic rings. The normalized spacial score (nSPS) is 22.9. The number of imidazole rings is 1. The number of carbonyl (C=O) groups is 1. The molecule has 7 rings (SSSR count). The van der Waals surface area contributed by atoms with Crippen LogP contribution in [0, 0.1) is 5.82 Å². The highest BCUT2D eigenvalue weighted by molar-refractivity contribution is 6.30. The molecule has 2 fully saturated rings. The van der Waals surface area contributed by atoms with Gasteiger partial charge in [-0.2, -0.15) is 0 Å². The fraction of sp³-hybridized carbons (Fsp3) is 0.406. The fourth-order valence-corrected chi connectivity index (χ4v) is 6.63. The molecule has 0 radical (unpaired) electrons. The SMILES string of the molecule is C[C@@H](c1nc2ccc(C(=O)O)nc2n1C[C@@H]1CCO1)N1CCC(c2cccc3c2O[C@](C)(c2ccc(Cl)cc2F)O3)CC1. The topological polar surface area (TPSA) is 98.9 Å². The minimum atomic E-state index is -1.29. The molecule has 43 heavy (non-hydrogen) atoms. The van der Waals surface area contributed by atoms with Crippen molar-refractivity contribution in [3.8, 4) is 11.5 Å². The molecule has 3 atom stereocenters. The Balaban J connectivity index is 1.10. The summed E-state index contributed by atoms with van der Waals surface area (Å²) in [6.07, 6.45) is 2.81. The maximum absolute atomic E-state index is 14.8. The van der Waals surface area contributed by atoms with Crippen molar-refractivity contribution >= 4 is 28.7 Å². The second-order valence-corrected chi connectivity index (χ2v) is 12.1. The van der Waals surface area contributed by atoms with Crippen LogP contribution in [0.15, 0.2) is 48.5 Å². The van der Waals surface area contributed by atoms with Crippen molar-refractivity contribution in [3.05, 3.63) is 82.0 Å². The molecule has 2 saturated heterocycles. The second-order valence-electron chi connectivity index (χ2n) is 11.6. The van der Waals surface area contributed by atoms with Crippen LogP contribution < -0.4 is 9.47 Å². The molecule has 4 aromatic rings. The first-order valence-electron chi connectivity index (χ1n) is 14.6. The number of halogens is 2. The number of carboxylic acid groups (broad SMARTS) is 1. The lowest BCUT2D eigenvalue weighted by atomic mass is 9.88. The van der Waals surface area contributed by atoms with Crippen molar-refractivity contribution in [3.63, 3.8) is 0 Å². The van der Waals surface area contributed by atoms with E-state index in [9.17, 15) is 14.3 Å². The number of nitrogens with zero attached hydrogens (tertiary/aromatic N) is 4. The van der Waals surface area contributed by atoms with Crippen molar-refractivity contribution in [2.24, 2.45) is 0 Å². The number of aromatic nitrogens is 3. The second kappa shape index (κ2) is 10.8. The van der Waals surface area contributed by atoms with E-state index < -0.39 is 17.6 Å². The molecule has 0 amide bonds. The average Bonchev–Trinajstić information content (AvgIpc) is 3.51. The maximum Gasteiger partial charge on any atom is 0.354 e. The van der Waals surface area contributed by atoms with E-state index in [1.165, 1.54) is 12.1 Å². The number of hydrogen-bond donors (Lipinski definition) is 1. The number of rotatable bonds is 7. The van der Waals surface area contributed by atoms with E-state index in [2.05, 4.69) is 22.9 Å². The zero-order valence-corrected chi connectivity index (χ0v) is 24.7. The number of fused-ring (bicyclic) bond motifs is 2. The molecule has 2 aromatic heterocycles. The summed E-state index contributed by atoms with van der Waals surface area (Å²) in [6.45, 7) is 6.84. The minimum absolute atomic E-state index is 0.000291. The van der Waals surface area contributed by atoms with Gasteiger partial charge < -0.3 is 23.9 Å². The predicted molar refractivity (Wildman–Crippen MR) is 157 cm³/mol. The van der Waals surface area contributed by atoms with Gasteiger partial charge in [0.1, 0.15) is 17.2 Å². The van der Waals surface area contributed by atoms with Crippen molar-refractivity contribution in [2.45, 2.75) is 63.5 Å². The van der Waals surface area contributed by atoms with Crippen molar-refractivity contribution in [1.82, 2.24) is 19.4 Å². The van der Waals surface area contributed by atoms with Crippen LogP contribution in [0.1, 0.15) is 72.5 Å². The summed E-state index contributed by atoms with van der Waals surface area (Å²) in [5, 5.41) is 9.83. The lowest BCUT2D eigenvalue weighted by molar-refractivity contribution is -0.0712. The number of pyridine rings is 1. The Morgan fingerprint density at radius 3 is 2.63 bits per heavy atom. The summed E-state index contributed by atoms with van der Waals surface area (Å²) in [6, 6.07) is 13.6. The molecule has 9 nitrogen and oxygen atoms in total. The van der Waals surface area contributed by atoms with Gasteiger partial charge in [0.2, 0.25) is 0 Å². The Labute approximate surface area is 253 Å². The van der Waals surface area contributed by atoms with Crippen LogP contribution in [0.4, 0.5) is 4.39 Å². The van der Waals surface area contributed by atoms with Crippen LogP contribution in [-0.4, -0.2) is 56.3 Å². The van der Waals surface area contributed by atoms with Gasteiger partial charge in [-0.05, 0) is 81.6 Å². The number of benzene rings is 2. The first-order valence-corrected chi connectivity index (χ1v) is 15.0. The largest absolute Gasteiger partial charge is 0.477 e. The van der Waals surface area contributed by atoms with Gasteiger partial charge in [0.15, 0.2) is 22.8 Å². The third kappa shape index (κ3) is 5.01. The highest BCUT2D eigenvalue weighted by atomic mass is 35.5. The Morgan fingerprint density at radius 2 is 1.93 bits per heavy atom. The van der Waals surface area contributed by atoms with E-state index >= 15 is 0 Å². The van der Waals surface area contributed by atoms with Crippen LogP contribution in [0.2, 0.25) is 5.02 Å². The zero-order chi connectivity index (χ0) is 29.9. The standard InChI is InChI=1S/C32H32ClFN4O5/c1-18(29-35-25-8-9-26(31(39)40)36-30(25)38(29)17-21-12-15-41-21)37-13-10-19(11-14-37)22-4-3-5-27-28(22)43-32(2,42-27)23-7-6-20(33)16-24(23)34/h3-9,16,18-19,21H,10-15,17H2,1-2H3,(H,39,40)/t18-,21-,32+/m0/s1. The number of para-hydroxylation sites is 1. The molecule has 3 aliphatic heterocycles. The highest BCUT2D eigenvalue weighted by Crippen LogP contribution is 2.50. The van der Waals surface area contributed by atoms with Gasteiger partial charge in [0.05, 0.1) is 24.3 Å². The van der Waals surface area contributed by atoms with Gasteiger partial charge >= 0.3 is 5.97 Å². The lowest BCUT2D eigenvalue weighted by Gasteiger charge is -2.36. The molecule has 0 bridgehead atoms. The Morgan fingerprint density at radius 1 is 1.14 bits per heavy atom. The quantitative estimate of drug-likeness (QED) is 0.262. The van der Waals surface area contributed by atoms with Crippen molar-refractivity contribution in [1.29, 1.82) is 0 Å². The Bertz CT molecular complexity index is 1720. The van der Waals surface area contributed by atoms with Crippen molar-refractivity contribution < 1.29 is 28.5 Å². The predicted octanol–water partition coefficient (Wildman–Crippen LogP) is 6.30. The number of piperidine rings is 1. The van der Waals surface area contributed by atoms with E-state index in [0.717, 1.165) is 50.3 Å². The molecule has 1 N–H and O–H groups in total. The molecule has 2 aromatic carbocycles. The molecular formula is C32H32ClFN4O5. The summed E-state index contributed by atoms with van der Waals surface area (Å²) in [5.41, 5.74) is 2.60. The van der Waals surface area contributed by atoms with Crippen LogP contribution in [0.3, 0.4) is 0 Å². The van der Waals surface area contributed by atoms with Crippen LogP contribution >= 0.6 is 11.6 Å². The highest BCUT2D eigenvalue weighted by Gasteiger charge is 2.43. The van der Waals surface area contributed by atoms with E-state index in [0.29, 0.717) is 39.8 Å². The molecule has 0 spiro atoms. The monoisotopic (exact) mass is 606 g/mol. The van der Waals surface area contributed by atoms with Gasteiger partial charge in [-0.1, -0.05) is 23.7 Å². The molecule has 0 unspecified atom stereocenters. The van der Waals surface area contributed by atoms with Crippen LogP contribution in [-0.2, 0) is 17.1 Å². The third-order valence-corrected chi connectivity index (χ3v) is 9.18. The average molecular weight is 607 g/mol. The van der Waals surface area contributed by atoms with E-state index in [4.69, 9.17) is 30.8 Å². The number of carboxylic acids is 1. The molecule has 0 aliphatic carbocycles. The third-order valence-electron chi connectivity index (χ3n) is 8.94. The van der Waals surface area contributed by atoms with E-state index in [1.54, 1.807) is 25.1 Å². The first kappa shape index (κ1) is 28.1. The first-order chi connectivity index (χ1) is 20.7. The van der Waals surface area contributed by atoms with E-state index in [-0.39, 0.29) is 23.8 Å². The van der Waals surface area contributed by atoms with Gasteiger partial charge in [0.25, 0.3) is 5.79 Å². The van der Waals surface area contributed by atoms with Crippen LogP contribution in [0.5, 0.6) is 11.5 Å². The van der Waals surface area contributed by atoms with Gasteiger partial charge in [-0.3, -0.25) is 4.90 Å². The maximum atomic E-state index is 14.8. The molecule has 0 saturated carbocycles. The molecule has 5 heterocycles. The minimum Gasteiger partial charge on any atom is -0.477 e. The zero-order valence-electron chi connectivity index (χ0n) is 23.9. The van der Waals surface area contributed by atoms with Crippen LogP contribution in [0.25, 0.3) is 11.2 Å². The fourth-order valence-electron chi connectivity index (χ4n) is 6.47. The summed E-state index contributed by atoms with van der Waals surface area (Å²) in [4.78, 5) is 23.4. The van der Waals surface area contributed by atoms with Gasteiger partial charge in [0, 0.05) is 24.1 Å². The molecule has 11 heteroatoms. The number of likely N-dealkylation sites (tertiary alicyclic amines) is 1. The summed E-state index contributed by atoms with van der Waals surface area (Å²) < 4.78 is 35.1. The molecular weight excluding hydrogens is 575 g/mol. The summed E-state index contributed by atoms with van der Waals surface area (Å²) >= 11 is 5.98. The number of ether oxygens (including phenoxy) is 3.